The molecule has 0 bridgehead atoms. The predicted octanol–water partition coefficient (Wildman–Crippen LogP) is 15.7. The summed E-state index contributed by atoms with van der Waals surface area (Å²) in [5.41, 5.74) is 18.6. The Morgan fingerprint density at radius 1 is 0.505 bits per heavy atom. The third kappa shape index (κ3) is 15.7. The Hall–Kier alpha value is -7.29. The van der Waals surface area contributed by atoms with Crippen LogP contribution >= 0.6 is 23.2 Å². The first-order valence-electron chi connectivity index (χ1n) is 38.3. The molecule has 16 nitrogen and oxygen atoms in total. The molecule has 6 aromatic carbocycles. The van der Waals surface area contributed by atoms with Crippen molar-refractivity contribution in [2.45, 2.75) is 178 Å². The van der Waals surface area contributed by atoms with Gasteiger partial charge in [0.1, 0.15) is 11.6 Å². The van der Waals surface area contributed by atoms with E-state index in [-0.39, 0.29) is 29.4 Å². The zero-order chi connectivity index (χ0) is 70.8. The van der Waals surface area contributed by atoms with E-state index < -0.39 is 12.2 Å². The monoisotopic (exact) mass is 1440 g/mol. The molecule has 9 aliphatic heterocycles. The molecule has 17 rings (SSSR count). The van der Waals surface area contributed by atoms with Crippen molar-refractivity contribution >= 4 is 85.6 Å². The van der Waals surface area contributed by atoms with Gasteiger partial charge in [0.25, 0.3) is 0 Å². The van der Waals surface area contributed by atoms with Gasteiger partial charge in [-0.25, -0.2) is 8.78 Å². The fourth-order valence-corrected chi connectivity index (χ4v) is 18.5. The van der Waals surface area contributed by atoms with Gasteiger partial charge in [-0.3, -0.25) is 19.3 Å². The topological polar surface area (TPSA) is 166 Å². The second-order valence-corrected chi connectivity index (χ2v) is 31.2. The van der Waals surface area contributed by atoms with Crippen LogP contribution in [0.1, 0.15) is 201 Å². The van der Waals surface area contributed by atoms with Gasteiger partial charge in [0.2, 0.25) is 17.7 Å². The van der Waals surface area contributed by atoms with E-state index in [1.807, 2.05) is 26.8 Å². The van der Waals surface area contributed by atoms with Crippen LogP contribution in [0.5, 0.6) is 0 Å². The number of likely N-dealkylation sites (tertiary alicyclic amines) is 2. The van der Waals surface area contributed by atoms with Gasteiger partial charge in [-0.05, 0) is 260 Å². The molecule has 3 saturated heterocycles. The van der Waals surface area contributed by atoms with Crippen molar-refractivity contribution in [3.8, 4) is 0 Å². The summed E-state index contributed by atoms with van der Waals surface area (Å²) in [6, 6.07) is 28.5. The van der Waals surface area contributed by atoms with Crippen LogP contribution < -0.4 is 19.6 Å². The number of aliphatic hydroxyl groups excluding tert-OH is 2. The van der Waals surface area contributed by atoms with Gasteiger partial charge in [0.15, 0.2) is 11.2 Å². The van der Waals surface area contributed by atoms with Crippen molar-refractivity contribution in [2.24, 2.45) is 0 Å². The van der Waals surface area contributed by atoms with E-state index in [2.05, 4.69) is 79.3 Å². The first kappa shape index (κ1) is 71.3. The molecule has 0 radical (unpaired) electrons. The second kappa shape index (κ2) is 31.8. The zero-order valence-corrected chi connectivity index (χ0v) is 61.0. The quantitative estimate of drug-likeness (QED) is 0.0735. The van der Waals surface area contributed by atoms with E-state index in [4.69, 9.17) is 32.2 Å². The molecule has 544 valence electrons. The number of anilines is 4. The number of benzene rings is 6. The molecule has 2 N–H and O–H groups in total. The van der Waals surface area contributed by atoms with Gasteiger partial charge in [0, 0.05) is 99.8 Å². The number of fused-ring (bicyclic) bond motifs is 2. The van der Waals surface area contributed by atoms with Crippen LogP contribution in [-0.2, 0) is 52.9 Å². The molecule has 9 aliphatic rings. The summed E-state index contributed by atoms with van der Waals surface area (Å²) < 4.78 is 37.6. The number of aryl methyl sites for hydroxylation is 5. The third-order valence-corrected chi connectivity index (χ3v) is 24.5. The van der Waals surface area contributed by atoms with Gasteiger partial charge in [-0.2, -0.15) is 0 Å². The van der Waals surface area contributed by atoms with E-state index in [0.29, 0.717) is 58.2 Å². The zero-order valence-electron chi connectivity index (χ0n) is 59.5. The highest BCUT2D eigenvalue weighted by Crippen LogP contribution is 2.45. The Bertz CT molecular complexity index is 4390. The lowest BCUT2D eigenvalue weighted by molar-refractivity contribution is -0.120. The van der Waals surface area contributed by atoms with Crippen molar-refractivity contribution in [1.82, 2.24) is 25.0 Å². The smallest absolute Gasteiger partial charge is 0.227 e. The lowest BCUT2D eigenvalue weighted by Gasteiger charge is -2.38. The van der Waals surface area contributed by atoms with Crippen molar-refractivity contribution in [3.63, 3.8) is 0 Å². The summed E-state index contributed by atoms with van der Waals surface area (Å²) >= 11 is 12.6. The van der Waals surface area contributed by atoms with Crippen LogP contribution in [0.3, 0.4) is 0 Å². The molecule has 3 amide bonds. The number of aromatic nitrogens is 2. The number of rotatable bonds is 19. The maximum atomic E-state index is 13.5. The number of carbonyl (C=O) groups excluding carboxylic acids is 3. The van der Waals surface area contributed by atoms with Gasteiger partial charge >= 0.3 is 0 Å². The average Bonchev–Trinajstić information content (AvgIpc) is 1.74. The Morgan fingerprint density at radius 3 is 1.60 bits per heavy atom. The fraction of sp³-hybridized carbons (Fsp3) is 0.506. The number of piperidine rings is 2. The number of hydrogen-bond acceptors (Lipinski definition) is 13. The third-order valence-electron chi connectivity index (χ3n) is 23.7. The van der Waals surface area contributed by atoms with Crippen LogP contribution in [0.4, 0.5) is 31.5 Å². The largest absolute Gasteiger partial charge is 0.388 e. The maximum Gasteiger partial charge on any atom is 0.227 e. The summed E-state index contributed by atoms with van der Waals surface area (Å²) in [5.74, 6) is 1.07. The van der Waals surface area contributed by atoms with Crippen molar-refractivity contribution < 1.29 is 42.4 Å². The Balaban J connectivity index is 0.000000125. The normalized spacial score (nSPS) is 20.0. The van der Waals surface area contributed by atoms with Crippen molar-refractivity contribution in [2.75, 3.05) is 111 Å². The number of nitrogens with zero attached hydrogens (tertiary/aromatic N) is 9. The molecule has 0 spiro atoms. The van der Waals surface area contributed by atoms with E-state index in [1.165, 1.54) is 81.7 Å². The molecule has 20 heteroatoms. The molecule has 11 heterocycles. The molecule has 2 aromatic heterocycles. The molecular weight excluding hydrogens is 1340 g/mol. The highest BCUT2D eigenvalue weighted by Gasteiger charge is 2.37. The Morgan fingerprint density at radius 2 is 1.00 bits per heavy atom. The van der Waals surface area contributed by atoms with Crippen molar-refractivity contribution in [3.05, 3.63) is 174 Å². The summed E-state index contributed by atoms with van der Waals surface area (Å²) in [6.07, 6.45) is 19.6. The minimum absolute atomic E-state index is 0.204. The van der Waals surface area contributed by atoms with E-state index >= 15 is 0 Å². The number of halogens is 4. The van der Waals surface area contributed by atoms with Gasteiger partial charge in [-0.1, -0.05) is 82.9 Å². The van der Waals surface area contributed by atoms with Crippen LogP contribution in [0, 0.1) is 11.6 Å². The molecule has 3 atom stereocenters. The predicted molar refractivity (Wildman–Crippen MR) is 402 cm³/mol. The number of unbranched alkanes of at least 4 members (excludes halogenated alkanes) is 2. The lowest BCUT2D eigenvalue weighted by atomic mass is 9.83. The minimum Gasteiger partial charge on any atom is -0.388 e. The molecule has 0 aliphatic carbocycles. The van der Waals surface area contributed by atoms with Gasteiger partial charge < -0.3 is 48.7 Å². The number of piperazine rings is 1. The molecular formula is C83H97Cl2F2N9O7. The van der Waals surface area contributed by atoms with Gasteiger partial charge in [0.05, 0.1) is 56.4 Å². The number of carbonyl (C=O) groups is 3. The van der Waals surface area contributed by atoms with Crippen LogP contribution in [-0.4, -0.2) is 145 Å². The molecule has 3 fully saturated rings. The fourth-order valence-electron chi connectivity index (χ4n) is 18.1. The standard InChI is InChI=1S/2C29H34FN3O3.C25H29Cl2N3O/c1-18-14-27(35)33-11-2-4-20-15-21(16-24(18)29(20)33)25(34)5-3-10-32-12-8-19(9-13-32)28-23-7-6-22(30)17-26(23)36-31-28;30-23-7-8-24-26(18-23)36-31-28(24)19-10-14-32(15-11-19)12-2-1-5-25(34)22-16-20-4-3-13-33-27(35)9-6-21(17-22)29(20)33;26-21-5-3-6-22(24(21)27)29-14-12-28(13-15-29)10-2-1-4-18-16-19-7-8-23(31)30-11-9-20(17-18)25(19)30/h6-7,15-19,25,34H,2-5,8-14H2,1H3;7-8,16-19,25,34H,1-6,9-15H2;3,5-6,16-17H,1-2,4,7-15H2. The highest BCUT2D eigenvalue weighted by atomic mass is 35.5. The highest BCUT2D eigenvalue weighted by molar-refractivity contribution is 6.43. The summed E-state index contributed by atoms with van der Waals surface area (Å²) in [6.45, 7) is 15.9. The minimum atomic E-state index is -0.480. The maximum absolute atomic E-state index is 13.5. The summed E-state index contributed by atoms with van der Waals surface area (Å²) in [7, 11) is 0. The number of hydrogen-bond donors (Lipinski definition) is 2. The number of aliphatic hydroxyl groups is 2. The molecule has 103 heavy (non-hydrogen) atoms. The number of amides is 3. The SMILES string of the molecule is CC1CC(=O)N2CCCc3cc(C(O)CCCN4CCC(c5noc6cc(F)ccc56)CC4)cc1c32.O=C1CCc2cc(C(O)CCCCN3CCC(c4noc5cc(F)ccc45)CC3)cc3c2N1CCC3.O=C1CCc2cc(CCCCN3CCN(c4cccc(Cl)c4Cl)CC3)cc3c2N1CC3. The Kier molecular flexibility index (Phi) is 22.0. The van der Waals surface area contributed by atoms with Crippen LogP contribution in [0.15, 0.2) is 100 Å². The first-order valence-corrected chi connectivity index (χ1v) is 39.1. The molecule has 3 unspecified atom stereocenters. The molecule has 8 aromatic rings. The van der Waals surface area contributed by atoms with E-state index in [1.54, 1.807) is 12.1 Å². The van der Waals surface area contributed by atoms with Gasteiger partial charge in [-0.15, -0.1) is 0 Å². The van der Waals surface area contributed by atoms with Crippen LogP contribution in [0.25, 0.3) is 21.9 Å². The average molecular weight is 1440 g/mol. The first-order chi connectivity index (χ1) is 50.1. The lowest BCUT2D eigenvalue weighted by Crippen LogP contribution is -2.46. The second-order valence-electron chi connectivity index (χ2n) is 30.4. The summed E-state index contributed by atoms with van der Waals surface area (Å²) in [5, 5.41) is 33.6. The Labute approximate surface area is 613 Å². The summed E-state index contributed by atoms with van der Waals surface area (Å²) in [4.78, 5) is 52.7. The van der Waals surface area contributed by atoms with E-state index in [9.17, 15) is 33.4 Å². The molecule has 0 saturated carbocycles. The van der Waals surface area contributed by atoms with E-state index in [0.717, 1.165) is 251 Å². The van der Waals surface area contributed by atoms with Crippen LogP contribution in [0.2, 0.25) is 10.0 Å². The van der Waals surface area contributed by atoms with Crippen molar-refractivity contribution in [1.29, 1.82) is 0 Å².